The molecule has 2 saturated carbocycles. The summed E-state index contributed by atoms with van der Waals surface area (Å²) in [5, 5.41) is 0. The molecule has 0 aromatic heterocycles. The molecule has 0 aromatic carbocycles. The number of allylic oxidation sites excluding steroid dienone is 4. The van der Waals surface area contributed by atoms with Crippen LogP contribution >= 0.6 is 0 Å². The van der Waals surface area contributed by atoms with Gasteiger partial charge in [-0.3, -0.25) is 0 Å². The van der Waals surface area contributed by atoms with Crippen molar-refractivity contribution in [3.8, 4) is 0 Å². The van der Waals surface area contributed by atoms with Gasteiger partial charge in [0.05, 0.1) is 0 Å². The molecule has 0 spiro atoms. The predicted molar refractivity (Wildman–Crippen MR) is 118 cm³/mol. The number of hydrogen-bond donors (Lipinski definition) is 0. The van der Waals surface area contributed by atoms with E-state index in [4.69, 9.17) is 0 Å². The van der Waals surface area contributed by atoms with Crippen LogP contribution < -0.4 is 0 Å². The Hall–Kier alpha value is -0.520. The van der Waals surface area contributed by atoms with Crippen LogP contribution in [0.2, 0.25) is 0 Å². The van der Waals surface area contributed by atoms with Crippen LogP contribution in [0.3, 0.4) is 0 Å². The Morgan fingerprint density at radius 1 is 1.00 bits per heavy atom. The largest absolute Gasteiger partial charge is 0.0842 e. The standard InChI is InChI=1S/C27H44/c1-19(2)9-8-10-20(3)23-14-15-24-22-13-12-21-11-6-7-17-26(21,4)25(22)16-18-27(23,24)5/h6,11-12,19-20,22-25H,7-10,13-18H2,1-5H3/t20-,22+,23+,24+,25+,26+,27-/m1/s1. The van der Waals surface area contributed by atoms with Gasteiger partial charge in [-0.1, -0.05) is 72.1 Å². The molecule has 0 N–H and O–H groups in total. The smallest absolute Gasteiger partial charge is 0.00445 e. The van der Waals surface area contributed by atoms with Gasteiger partial charge >= 0.3 is 0 Å². The highest BCUT2D eigenvalue weighted by atomic mass is 14.6. The maximum Gasteiger partial charge on any atom is -0.00445 e. The summed E-state index contributed by atoms with van der Waals surface area (Å²) in [5.74, 6) is 5.70. The first kappa shape index (κ1) is 19.8. The lowest BCUT2D eigenvalue weighted by molar-refractivity contribution is -0.0451. The van der Waals surface area contributed by atoms with E-state index in [1.54, 1.807) is 5.57 Å². The third-order valence-electron chi connectivity index (χ3n) is 9.85. The predicted octanol–water partition coefficient (Wildman–Crippen LogP) is 8.19. The lowest BCUT2D eigenvalue weighted by Crippen LogP contribution is -2.49. The SMILES string of the molecule is CC(C)CCC[C@@H](C)[C@@H]1CC[C@H]2[C@@H]3CC=C4C=CCC[C@]4(C)[C@H]3CC[C@@]21C. The highest BCUT2D eigenvalue weighted by Gasteiger charge is 2.58. The maximum absolute atomic E-state index is 2.72. The van der Waals surface area contributed by atoms with Crippen LogP contribution in [0.15, 0.2) is 23.8 Å². The van der Waals surface area contributed by atoms with Crippen molar-refractivity contribution in [3.63, 3.8) is 0 Å². The normalized spacial score (nSPS) is 44.4. The van der Waals surface area contributed by atoms with Gasteiger partial charge < -0.3 is 0 Å². The fourth-order valence-corrected chi connectivity index (χ4v) is 8.32. The second kappa shape index (κ2) is 7.38. The molecule has 0 amide bonds. The molecule has 152 valence electrons. The van der Waals surface area contributed by atoms with Crippen LogP contribution in [-0.2, 0) is 0 Å². The Kier molecular flexibility index (Phi) is 5.41. The zero-order valence-corrected chi connectivity index (χ0v) is 18.8. The monoisotopic (exact) mass is 368 g/mol. The molecule has 0 nitrogen and oxygen atoms in total. The van der Waals surface area contributed by atoms with Crippen molar-refractivity contribution in [3.05, 3.63) is 23.8 Å². The Morgan fingerprint density at radius 3 is 2.59 bits per heavy atom. The van der Waals surface area contributed by atoms with Crippen LogP contribution in [0.4, 0.5) is 0 Å². The number of hydrogen-bond acceptors (Lipinski definition) is 0. The molecular formula is C27H44. The lowest BCUT2D eigenvalue weighted by Gasteiger charge is -2.57. The van der Waals surface area contributed by atoms with Gasteiger partial charge in [-0.15, -0.1) is 0 Å². The first-order valence-electron chi connectivity index (χ1n) is 12.2. The van der Waals surface area contributed by atoms with Gasteiger partial charge in [0, 0.05) is 0 Å². The van der Waals surface area contributed by atoms with Crippen molar-refractivity contribution in [1.29, 1.82) is 0 Å². The van der Waals surface area contributed by atoms with E-state index in [9.17, 15) is 0 Å². The third-order valence-corrected chi connectivity index (χ3v) is 9.85. The molecule has 4 aliphatic carbocycles. The van der Waals surface area contributed by atoms with E-state index in [-0.39, 0.29) is 0 Å². The van der Waals surface area contributed by atoms with Gasteiger partial charge in [-0.2, -0.15) is 0 Å². The molecule has 0 heteroatoms. The van der Waals surface area contributed by atoms with Crippen molar-refractivity contribution in [1.82, 2.24) is 0 Å². The van der Waals surface area contributed by atoms with Gasteiger partial charge in [-0.25, -0.2) is 0 Å². The van der Waals surface area contributed by atoms with E-state index < -0.39 is 0 Å². The Labute approximate surface area is 169 Å². The maximum atomic E-state index is 2.72. The van der Waals surface area contributed by atoms with E-state index in [2.05, 4.69) is 52.8 Å². The number of fused-ring (bicyclic) bond motifs is 5. The van der Waals surface area contributed by atoms with Crippen LogP contribution in [-0.4, -0.2) is 0 Å². The summed E-state index contributed by atoms with van der Waals surface area (Å²) in [6.07, 6.45) is 22.0. The second-order valence-corrected chi connectivity index (χ2v) is 11.7. The first-order chi connectivity index (χ1) is 12.9. The third kappa shape index (κ3) is 3.28. The molecule has 0 unspecified atom stereocenters. The van der Waals surface area contributed by atoms with Crippen molar-refractivity contribution in [2.24, 2.45) is 46.3 Å². The minimum absolute atomic E-state index is 0.486. The first-order valence-corrected chi connectivity index (χ1v) is 12.2. The van der Waals surface area contributed by atoms with Crippen LogP contribution in [0.25, 0.3) is 0 Å². The van der Waals surface area contributed by atoms with Gasteiger partial charge in [0.15, 0.2) is 0 Å². The van der Waals surface area contributed by atoms with Crippen LogP contribution in [0, 0.1) is 46.3 Å². The summed E-state index contributed by atoms with van der Waals surface area (Å²) < 4.78 is 0. The zero-order valence-electron chi connectivity index (χ0n) is 18.8. The average Bonchev–Trinajstić information content (AvgIpc) is 2.98. The summed E-state index contributed by atoms with van der Waals surface area (Å²) >= 11 is 0. The highest BCUT2D eigenvalue weighted by molar-refractivity contribution is 5.34. The van der Waals surface area contributed by atoms with Crippen molar-refractivity contribution >= 4 is 0 Å². The molecule has 0 aromatic rings. The van der Waals surface area contributed by atoms with Gasteiger partial charge in [0.2, 0.25) is 0 Å². The number of rotatable bonds is 5. The van der Waals surface area contributed by atoms with E-state index >= 15 is 0 Å². The second-order valence-electron chi connectivity index (χ2n) is 11.7. The van der Waals surface area contributed by atoms with Crippen molar-refractivity contribution in [2.45, 2.75) is 98.8 Å². The fourth-order valence-electron chi connectivity index (χ4n) is 8.32. The summed E-state index contributed by atoms with van der Waals surface area (Å²) in [4.78, 5) is 0. The molecule has 0 saturated heterocycles. The van der Waals surface area contributed by atoms with Gasteiger partial charge in [0.25, 0.3) is 0 Å². The molecular weight excluding hydrogens is 324 g/mol. The van der Waals surface area contributed by atoms with Crippen molar-refractivity contribution in [2.75, 3.05) is 0 Å². The summed E-state index contributed by atoms with van der Waals surface area (Å²) in [6, 6.07) is 0. The van der Waals surface area contributed by atoms with Gasteiger partial charge in [-0.05, 0) is 96.9 Å². The average molecular weight is 369 g/mol. The van der Waals surface area contributed by atoms with Gasteiger partial charge in [0.1, 0.15) is 0 Å². The molecule has 27 heavy (non-hydrogen) atoms. The molecule has 0 heterocycles. The molecule has 4 aliphatic rings. The highest BCUT2D eigenvalue weighted by Crippen LogP contribution is 2.66. The lowest BCUT2D eigenvalue weighted by atomic mass is 9.47. The Balaban J connectivity index is 1.50. The zero-order chi connectivity index (χ0) is 19.2. The molecule has 0 aliphatic heterocycles. The molecule has 7 atom stereocenters. The summed E-state index contributed by atoms with van der Waals surface area (Å²) in [7, 11) is 0. The van der Waals surface area contributed by atoms with E-state index in [1.165, 1.54) is 64.2 Å². The minimum atomic E-state index is 0.486. The summed E-state index contributed by atoms with van der Waals surface area (Å²) in [5.41, 5.74) is 2.81. The van der Waals surface area contributed by atoms with E-state index in [0.717, 1.165) is 35.5 Å². The summed E-state index contributed by atoms with van der Waals surface area (Å²) in [6.45, 7) is 12.7. The fraction of sp³-hybridized carbons (Fsp3) is 0.852. The molecule has 0 radical (unpaired) electrons. The molecule has 2 fully saturated rings. The quantitative estimate of drug-likeness (QED) is 0.459. The van der Waals surface area contributed by atoms with Crippen LogP contribution in [0.1, 0.15) is 98.8 Å². The topological polar surface area (TPSA) is 0 Å². The molecule has 4 rings (SSSR count). The van der Waals surface area contributed by atoms with E-state index in [0.29, 0.717) is 10.8 Å². The van der Waals surface area contributed by atoms with Crippen molar-refractivity contribution < 1.29 is 0 Å². The van der Waals surface area contributed by atoms with E-state index in [1.807, 2.05) is 0 Å². The minimum Gasteiger partial charge on any atom is -0.0842 e. The Morgan fingerprint density at radius 2 is 1.81 bits per heavy atom. The Bertz CT molecular complexity index is 595. The van der Waals surface area contributed by atoms with Crippen LogP contribution in [0.5, 0.6) is 0 Å². The molecule has 0 bridgehead atoms.